The highest BCUT2D eigenvalue weighted by molar-refractivity contribution is 8.76. The maximum atomic E-state index is 14.6. The Bertz CT molecular complexity index is 2870. The maximum absolute atomic E-state index is 14.6. The second-order valence-corrected chi connectivity index (χ2v) is 20.4. The fourth-order valence-electron chi connectivity index (χ4n) is 7.52. The van der Waals surface area contributed by atoms with Gasteiger partial charge in [0.1, 0.15) is 48.0 Å². The van der Waals surface area contributed by atoms with Crippen LogP contribution >= 0.6 is 21.6 Å². The van der Waals surface area contributed by atoms with Gasteiger partial charge in [0.2, 0.25) is 65.0 Å². The first kappa shape index (κ1) is 58.8. The second kappa shape index (κ2) is 33.3. The van der Waals surface area contributed by atoms with E-state index in [0.717, 1.165) is 26.5 Å². The number of halogens is 3. The Labute approximate surface area is 476 Å². The molecule has 2 saturated heterocycles. The van der Waals surface area contributed by atoms with E-state index in [2.05, 4.69) is 42.2 Å². The lowest BCUT2D eigenvalue weighted by Gasteiger charge is -2.31. The van der Waals surface area contributed by atoms with Gasteiger partial charge in [-0.1, -0.05) is 63.9 Å². The molecule has 2 fully saturated rings. The van der Waals surface area contributed by atoms with Crippen molar-refractivity contribution in [2.75, 3.05) is 31.1 Å². The molecule has 81 heavy (non-hydrogen) atoms. The number of nitrogens with zero attached hydrogens (tertiary/aromatic N) is 2. The Hall–Kier alpha value is -8.36. The summed E-state index contributed by atoms with van der Waals surface area (Å²) in [6, 6.07) is -9.36. The molecule has 2 heterocycles. The van der Waals surface area contributed by atoms with Crippen LogP contribution in [0.2, 0.25) is 0 Å². The lowest BCUT2D eigenvalue weighted by molar-refractivity contribution is -0.192. The van der Waals surface area contributed by atoms with Gasteiger partial charge < -0.3 is 81.0 Å². The third kappa shape index (κ3) is 24.7. The van der Waals surface area contributed by atoms with Gasteiger partial charge >= 0.3 is 12.1 Å². The molecule has 33 heteroatoms. The number of nitrogens with two attached hydrogens (primary N) is 5. The summed E-state index contributed by atoms with van der Waals surface area (Å²) in [5, 5.41) is 34.2. The number of aliphatic carboxylic acids is 1. The number of carbonyl (C=O) groups excluding carboxylic acids is 11. The second-order valence-electron chi connectivity index (χ2n) is 17.8. The van der Waals surface area contributed by atoms with Crippen LogP contribution in [0.4, 0.5) is 13.2 Å². The van der Waals surface area contributed by atoms with E-state index in [1.807, 2.05) is 0 Å². The average Bonchev–Trinajstić information content (AvgIpc) is 1.52. The van der Waals surface area contributed by atoms with E-state index in [1.165, 1.54) is 24.3 Å². The van der Waals surface area contributed by atoms with Crippen LogP contribution in [0.3, 0.4) is 0 Å². The van der Waals surface area contributed by atoms with Crippen molar-refractivity contribution in [3.63, 3.8) is 0 Å². The molecule has 2 aromatic rings. The van der Waals surface area contributed by atoms with Crippen molar-refractivity contribution in [3.05, 3.63) is 65.6 Å². The Morgan fingerprint density at radius 3 is 1.95 bits per heavy atom. The van der Waals surface area contributed by atoms with Crippen molar-refractivity contribution in [1.82, 2.24) is 42.1 Å². The molecule has 444 valence electrons. The molecule has 4 rings (SSSR count). The Morgan fingerprint density at radius 1 is 0.778 bits per heavy atom. The molecular formula is C48H65F3N14O14S2. The number of aliphatic imine (C=N–C) groups is 1. The number of hydrogen-bond acceptors (Lipinski definition) is 16. The SMILES string of the molecule is O=C(O)C(F)(F)F.[2H]c1c([2H])c([2H])c(C[C@@H]2NC(=O)[C@H](Cc3ccc(O)cc3)NC(=O)CCSSC[C@@H](C(=O)N3CCC[C@H]3C(=O)N[C@@H](CCCN=C(N)N)C(=O)NCC(N)=O)NC(=O)[C@H](CC(N)=O)NC(=O)[C@H](CCC(N)=O)NC2=O)c([2H])c1[2H]. The lowest BCUT2D eigenvalue weighted by Crippen LogP contribution is -2.61. The van der Waals surface area contributed by atoms with Gasteiger partial charge in [0.25, 0.3) is 0 Å². The quantitative estimate of drug-likeness (QED) is 0.0278. The number of rotatable bonds is 19. The van der Waals surface area contributed by atoms with Crippen LogP contribution in [0.15, 0.2) is 59.5 Å². The van der Waals surface area contributed by atoms with Gasteiger partial charge in [-0.2, -0.15) is 13.2 Å². The Balaban J connectivity index is 0.00000259. The van der Waals surface area contributed by atoms with Gasteiger partial charge in [0.05, 0.1) is 19.8 Å². The molecule has 0 unspecified atom stereocenters. The average molecular weight is 1190 g/mol. The van der Waals surface area contributed by atoms with Gasteiger partial charge in [-0.05, 0) is 55.4 Å². The summed E-state index contributed by atoms with van der Waals surface area (Å²) >= 11 is 0. The summed E-state index contributed by atoms with van der Waals surface area (Å²) in [7, 11) is 2.05. The maximum Gasteiger partial charge on any atom is 0.490 e. The smallest absolute Gasteiger partial charge is 0.490 e. The number of benzene rings is 2. The summed E-state index contributed by atoms with van der Waals surface area (Å²) in [6.07, 6.45) is -7.93. The van der Waals surface area contributed by atoms with E-state index >= 15 is 0 Å². The number of carbonyl (C=O) groups is 12. The summed E-state index contributed by atoms with van der Waals surface area (Å²) < 4.78 is 73.3. The number of primary amides is 3. The molecule has 2 aromatic carbocycles. The van der Waals surface area contributed by atoms with Crippen molar-refractivity contribution in [1.29, 1.82) is 0 Å². The summed E-state index contributed by atoms with van der Waals surface area (Å²) in [5.41, 5.74) is 26.9. The van der Waals surface area contributed by atoms with Crippen molar-refractivity contribution < 1.29 is 87.8 Å². The number of nitrogens with one attached hydrogen (secondary N) is 7. The Morgan fingerprint density at radius 2 is 1.36 bits per heavy atom. The van der Waals surface area contributed by atoms with Gasteiger partial charge in [-0.3, -0.25) is 57.7 Å². The molecule has 0 aliphatic carbocycles. The minimum absolute atomic E-state index is 0.0174. The van der Waals surface area contributed by atoms with Crippen LogP contribution in [0.5, 0.6) is 5.75 Å². The molecule has 0 bridgehead atoms. The third-order valence-corrected chi connectivity index (χ3v) is 13.8. The first-order valence-electron chi connectivity index (χ1n) is 26.9. The number of carboxylic acids is 1. The van der Waals surface area contributed by atoms with E-state index < -0.39 is 187 Å². The summed E-state index contributed by atoms with van der Waals surface area (Å²) in [6.45, 7) is -0.507. The zero-order valence-electron chi connectivity index (χ0n) is 48.0. The van der Waals surface area contributed by atoms with Crippen molar-refractivity contribution in [2.24, 2.45) is 33.7 Å². The zero-order chi connectivity index (χ0) is 64.7. The number of likely N-dealkylation sites (tertiary alicyclic amines) is 1. The highest BCUT2D eigenvalue weighted by Gasteiger charge is 2.41. The number of guanidine groups is 1. The van der Waals surface area contributed by atoms with Gasteiger partial charge in [0.15, 0.2) is 5.96 Å². The fourth-order valence-corrected chi connectivity index (χ4v) is 9.66. The molecular weight excluding hydrogens is 1120 g/mol. The van der Waals surface area contributed by atoms with E-state index in [4.69, 9.17) is 45.4 Å². The van der Waals surface area contributed by atoms with E-state index in [-0.39, 0.29) is 74.8 Å². The van der Waals surface area contributed by atoms with Gasteiger partial charge in [0, 0.05) is 50.3 Å². The standard InChI is InChI=1S/C46H64N14O12S2.C2HF3O2/c47-35(62)15-14-29-40(67)58-32(22-36(48)63)43(70)59-33(45(72)60-18-5-9-34(60)44(71)56-28(8-4-17-52-46(50)51)39(66)53-23-37(49)64)24-74-73-19-16-38(65)54-30(21-26-10-12-27(61)13-11-26)41(68)57-31(42(69)55-29)20-25-6-2-1-3-7-25;3-2(4,5)1(6)7/h1-3,6-7,10-13,28-34,61H,4-5,8-9,14-24H2,(H2,47,62)(H2,48,63)(H2,49,64)(H,53,66)(H,54,65)(H,55,69)(H,56,71)(H,57,68)(H,58,67)(H,59,70)(H4,50,51,52);(H,6,7)/t28-,29-,30-,31-,32-,33-,34-;/m0./s1/i1D,2D,3D,6D,7D;. The molecule has 7 atom stereocenters. The summed E-state index contributed by atoms with van der Waals surface area (Å²) in [4.78, 5) is 163. The van der Waals surface area contributed by atoms with Crippen molar-refractivity contribution in [2.45, 2.75) is 113 Å². The monoisotopic (exact) mass is 1190 g/mol. The minimum Gasteiger partial charge on any atom is -0.508 e. The van der Waals surface area contributed by atoms with E-state index in [1.54, 1.807) is 0 Å². The fraction of sp³-hybridized carbons (Fsp3) is 0.479. The largest absolute Gasteiger partial charge is 0.508 e. The molecule has 0 radical (unpaired) electrons. The first-order valence-corrected chi connectivity index (χ1v) is 26.9. The molecule has 19 N–H and O–H groups in total. The van der Waals surface area contributed by atoms with Crippen LogP contribution in [-0.2, 0) is 70.4 Å². The highest BCUT2D eigenvalue weighted by atomic mass is 33.1. The molecule has 11 amide bonds. The minimum atomic E-state index is -5.08. The first-order chi connectivity index (χ1) is 40.2. The van der Waals surface area contributed by atoms with E-state index in [0.29, 0.717) is 5.56 Å². The number of alkyl halides is 3. The molecule has 28 nitrogen and oxygen atoms in total. The van der Waals surface area contributed by atoms with Gasteiger partial charge in [-0.25, -0.2) is 4.79 Å². The topological polar surface area (TPSA) is 475 Å². The number of amides is 11. The van der Waals surface area contributed by atoms with Crippen LogP contribution < -0.4 is 65.9 Å². The van der Waals surface area contributed by atoms with E-state index in [9.17, 15) is 71.0 Å². The highest BCUT2D eigenvalue weighted by Crippen LogP contribution is 2.26. The molecule has 0 saturated carbocycles. The van der Waals surface area contributed by atoms with Crippen LogP contribution in [0.25, 0.3) is 0 Å². The predicted octanol–water partition coefficient (Wildman–Crippen LogP) is -3.71. The van der Waals surface area contributed by atoms with Crippen LogP contribution in [-0.4, -0.2) is 172 Å². The molecule has 2 aliphatic heterocycles. The normalized spacial score (nSPS) is 21.7. The van der Waals surface area contributed by atoms with Crippen LogP contribution in [0, 0.1) is 0 Å². The number of hydrogen-bond donors (Lipinski definition) is 14. The number of phenols is 1. The zero-order valence-corrected chi connectivity index (χ0v) is 44.6. The van der Waals surface area contributed by atoms with Crippen molar-refractivity contribution in [3.8, 4) is 5.75 Å². The Kier molecular flexibility index (Phi) is 24.2. The molecule has 0 spiro atoms. The summed E-state index contributed by atoms with van der Waals surface area (Å²) in [5.74, 6) is -14.0. The van der Waals surface area contributed by atoms with Crippen molar-refractivity contribution >= 4 is 98.5 Å². The lowest BCUT2D eigenvalue weighted by atomic mass is 10.0. The predicted molar refractivity (Wildman–Crippen MR) is 286 cm³/mol. The number of aromatic hydroxyl groups is 1. The van der Waals surface area contributed by atoms with Gasteiger partial charge in [-0.15, -0.1) is 0 Å². The molecule has 2 aliphatic rings. The number of carboxylic acid groups (broad SMARTS) is 1. The third-order valence-electron chi connectivity index (χ3n) is 11.4. The number of phenolic OH excluding ortho intramolecular Hbond substituents is 1. The molecule has 0 aromatic heterocycles. The van der Waals surface area contributed by atoms with Crippen LogP contribution in [0.1, 0.15) is 69.3 Å².